The summed E-state index contributed by atoms with van der Waals surface area (Å²) in [5.41, 5.74) is 7.43. The first-order chi connectivity index (χ1) is 6.77. The molecule has 1 atom stereocenters. The Kier molecular flexibility index (Phi) is 2.54. The number of pyridine rings is 1. The van der Waals surface area contributed by atoms with Gasteiger partial charge in [-0.2, -0.15) is 0 Å². The second-order valence-corrected chi connectivity index (χ2v) is 3.60. The van der Waals surface area contributed by atoms with Gasteiger partial charge in [-0.3, -0.25) is 4.98 Å². The number of hydrogen-bond donors (Lipinski definition) is 1. The molecule has 1 unspecified atom stereocenters. The van der Waals surface area contributed by atoms with Gasteiger partial charge in [-0.1, -0.05) is 0 Å². The van der Waals surface area contributed by atoms with Gasteiger partial charge in [0.15, 0.2) is 0 Å². The molecule has 1 saturated heterocycles. The van der Waals surface area contributed by atoms with E-state index < -0.39 is 0 Å². The Morgan fingerprint density at radius 2 is 2.43 bits per heavy atom. The lowest BCUT2D eigenvalue weighted by Crippen LogP contribution is -2.31. The molecule has 1 aliphatic rings. The standard InChI is InChI=1S/C10H15N3O/c1-13(9-2-3-14-7-9)10-4-8(11)5-12-6-10/h4-6,9H,2-3,7,11H2,1H3. The van der Waals surface area contributed by atoms with E-state index in [4.69, 9.17) is 10.5 Å². The molecular formula is C10H15N3O. The first kappa shape index (κ1) is 9.27. The molecule has 0 spiro atoms. The molecule has 0 saturated carbocycles. The van der Waals surface area contributed by atoms with Gasteiger partial charge in [-0.25, -0.2) is 0 Å². The summed E-state index contributed by atoms with van der Waals surface area (Å²) in [6, 6.07) is 2.39. The minimum Gasteiger partial charge on any atom is -0.397 e. The Labute approximate surface area is 83.7 Å². The Bertz CT molecular complexity index is 310. The molecule has 2 N–H and O–H groups in total. The molecule has 4 nitrogen and oxygen atoms in total. The molecule has 1 aromatic rings. The maximum atomic E-state index is 5.67. The second-order valence-electron chi connectivity index (χ2n) is 3.60. The number of rotatable bonds is 2. The van der Waals surface area contributed by atoms with Gasteiger partial charge in [-0.05, 0) is 12.5 Å². The Morgan fingerprint density at radius 1 is 1.57 bits per heavy atom. The van der Waals surface area contributed by atoms with E-state index in [2.05, 4.69) is 16.9 Å². The minimum atomic E-state index is 0.457. The van der Waals surface area contributed by atoms with Crippen LogP contribution < -0.4 is 10.6 Å². The van der Waals surface area contributed by atoms with E-state index in [1.807, 2.05) is 12.3 Å². The van der Waals surface area contributed by atoms with Crippen molar-refractivity contribution in [2.45, 2.75) is 12.5 Å². The summed E-state index contributed by atoms with van der Waals surface area (Å²) in [5, 5.41) is 0. The van der Waals surface area contributed by atoms with Crippen LogP contribution in [0.2, 0.25) is 0 Å². The first-order valence-electron chi connectivity index (χ1n) is 4.78. The van der Waals surface area contributed by atoms with Crippen LogP contribution >= 0.6 is 0 Å². The van der Waals surface area contributed by atoms with Crippen molar-refractivity contribution in [3.63, 3.8) is 0 Å². The van der Waals surface area contributed by atoms with Gasteiger partial charge < -0.3 is 15.4 Å². The normalized spacial score (nSPS) is 21.1. The van der Waals surface area contributed by atoms with Gasteiger partial charge in [0, 0.05) is 19.9 Å². The molecule has 0 aliphatic carbocycles. The molecule has 1 fully saturated rings. The van der Waals surface area contributed by atoms with Gasteiger partial charge in [-0.15, -0.1) is 0 Å². The third kappa shape index (κ3) is 1.80. The van der Waals surface area contributed by atoms with E-state index in [1.165, 1.54) is 0 Å². The molecule has 1 aromatic heterocycles. The number of ether oxygens (including phenoxy) is 1. The molecule has 0 bridgehead atoms. The van der Waals surface area contributed by atoms with E-state index in [1.54, 1.807) is 6.20 Å². The number of hydrogen-bond acceptors (Lipinski definition) is 4. The molecular weight excluding hydrogens is 178 g/mol. The highest BCUT2D eigenvalue weighted by Crippen LogP contribution is 2.20. The number of nitrogens with two attached hydrogens (primary N) is 1. The predicted molar refractivity (Wildman–Crippen MR) is 56.3 cm³/mol. The van der Waals surface area contributed by atoms with Gasteiger partial charge in [0.25, 0.3) is 0 Å². The van der Waals surface area contributed by atoms with E-state index >= 15 is 0 Å². The highest BCUT2D eigenvalue weighted by molar-refractivity contribution is 5.53. The van der Waals surface area contributed by atoms with Crippen LogP contribution in [0.15, 0.2) is 18.5 Å². The Hall–Kier alpha value is -1.29. The maximum absolute atomic E-state index is 5.67. The molecule has 1 aliphatic heterocycles. The van der Waals surface area contributed by atoms with Crippen LogP contribution in [0.3, 0.4) is 0 Å². The molecule has 0 radical (unpaired) electrons. The van der Waals surface area contributed by atoms with Gasteiger partial charge >= 0.3 is 0 Å². The zero-order valence-corrected chi connectivity index (χ0v) is 8.31. The largest absolute Gasteiger partial charge is 0.397 e. The number of likely N-dealkylation sites (N-methyl/N-ethyl adjacent to an activating group) is 1. The topological polar surface area (TPSA) is 51.4 Å². The lowest BCUT2D eigenvalue weighted by Gasteiger charge is -2.25. The number of nitrogen functional groups attached to an aromatic ring is 1. The average molecular weight is 193 g/mol. The zero-order chi connectivity index (χ0) is 9.97. The fraction of sp³-hybridized carbons (Fsp3) is 0.500. The summed E-state index contributed by atoms with van der Waals surface area (Å²) in [6.07, 6.45) is 4.56. The molecule has 76 valence electrons. The maximum Gasteiger partial charge on any atom is 0.0670 e. The SMILES string of the molecule is CN(c1cncc(N)c1)C1CCOC1. The van der Waals surface area contributed by atoms with Gasteiger partial charge in [0.05, 0.1) is 30.2 Å². The van der Waals surface area contributed by atoms with Crippen LogP contribution in [-0.2, 0) is 4.74 Å². The van der Waals surface area contributed by atoms with Crippen molar-refractivity contribution in [3.05, 3.63) is 18.5 Å². The van der Waals surface area contributed by atoms with E-state index in [0.717, 1.165) is 25.3 Å². The second kappa shape index (κ2) is 3.84. The molecule has 0 aromatic carbocycles. The van der Waals surface area contributed by atoms with Crippen LogP contribution in [0.25, 0.3) is 0 Å². The average Bonchev–Trinajstić information content (AvgIpc) is 2.69. The van der Waals surface area contributed by atoms with Gasteiger partial charge in [0.1, 0.15) is 0 Å². The van der Waals surface area contributed by atoms with Crippen molar-refractivity contribution in [1.82, 2.24) is 4.98 Å². The number of nitrogens with zero attached hydrogens (tertiary/aromatic N) is 2. The van der Waals surface area contributed by atoms with Crippen LogP contribution in [0.5, 0.6) is 0 Å². The van der Waals surface area contributed by atoms with Crippen molar-refractivity contribution in [3.8, 4) is 0 Å². The zero-order valence-electron chi connectivity index (χ0n) is 8.31. The van der Waals surface area contributed by atoms with Crippen molar-refractivity contribution >= 4 is 11.4 Å². The third-order valence-electron chi connectivity index (χ3n) is 2.61. The highest BCUT2D eigenvalue weighted by atomic mass is 16.5. The van der Waals surface area contributed by atoms with Crippen molar-refractivity contribution < 1.29 is 4.74 Å². The van der Waals surface area contributed by atoms with Crippen molar-refractivity contribution in [1.29, 1.82) is 0 Å². The van der Waals surface area contributed by atoms with Crippen LogP contribution in [0.4, 0.5) is 11.4 Å². The molecule has 2 rings (SSSR count). The molecule has 0 amide bonds. The van der Waals surface area contributed by atoms with Gasteiger partial charge in [0.2, 0.25) is 0 Å². The predicted octanol–water partition coefficient (Wildman–Crippen LogP) is 0.889. The van der Waals surface area contributed by atoms with E-state index in [-0.39, 0.29) is 0 Å². The minimum absolute atomic E-state index is 0.457. The van der Waals surface area contributed by atoms with Crippen molar-refractivity contribution in [2.24, 2.45) is 0 Å². The summed E-state index contributed by atoms with van der Waals surface area (Å²) in [5.74, 6) is 0. The van der Waals surface area contributed by atoms with Crippen molar-refractivity contribution in [2.75, 3.05) is 30.9 Å². The number of anilines is 2. The Morgan fingerprint density at radius 3 is 3.07 bits per heavy atom. The summed E-state index contributed by atoms with van der Waals surface area (Å²) < 4.78 is 5.34. The summed E-state index contributed by atoms with van der Waals surface area (Å²) in [7, 11) is 2.05. The lowest BCUT2D eigenvalue weighted by molar-refractivity contribution is 0.193. The highest BCUT2D eigenvalue weighted by Gasteiger charge is 2.20. The fourth-order valence-electron chi connectivity index (χ4n) is 1.68. The molecule has 2 heterocycles. The molecule has 4 heteroatoms. The van der Waals surface area contributed by atoms with E-state index in [0.29, 0.717) is 11.7 Å². The van der Waals surface area contributed by atoms with Crippen LogP contribution in [0, 0.1) is 0 Å². The van der Waals surface area contributed by atoms with Crippen LogP contribution in [0.1, 0.15) is 6.42 Å². The molecule has 14 heavy (non-hydrogen) atoms. The fourth-order valence-corrected chi connectivity index (χ4v) is 1.68. The summed E-state index contributed by atoms with van der Waals surface area (Å²) in [4.78, 5) is 6.25. The van der Waals surface area contributed by atoms with Crippen LogP contribution in [-0.4, -0.2) is 31.3 Å². The Balaban J connectivity index is 2.13. The number of aromatic nitrogens is 1. The monoisotopic (exact) mass is 193 g/mol. The smallest absolute Gasteiger partial charge is 0.0670 e. The summed E-state index contributed by atoms with van der Waals surface area (Å²) >= 11 is 0. The first-order valence-corrected chi connectivity index (χ1v) is 4.78. The quantitative estimate of drug-likeness (QED) is 0.757. The van der Waals surface area contributed by atoms with E-state index in [9.17, 15) is 0 Å². The summed E-state index contributed by atoms with van der Waals surface area (Å²) in [6.45, 7) is 1.65. The lowest BCUT2D eigenvalue weighted by atomic mass is 10.2. The third-order valence-corrected chi connectivity index (χ3v) is 2.61.